The number of likely N-dealkylation sites (tertiary alicyclic amines) is 1. The predicted octanol–water partition coefficient (Wildman–Crippen LogP) is 2.06. The quantitative estimate of drug-likeness (QED) is 0.623. The van der Waals surface area contributed by atoms with E-state index in [1.54, 1.807) is 4.90 Å². The molecule has 8 heteroatoms. The summed E-state index contributed by atoms with van der Waals surface area (Å²) in [4.78, 5) is 34.1. The molecule has 1 aromatic rings. The van der Waals surface area contributed by atoms with Crippen LogP contribution in [0.15, 0.2) is 18.2 Å². The summed E-state index contributed by atoms with van der Waals surface area (Å²) in [6, 6.07) is 3.38. The lowest BCUT2D eigenvalue weighted by atomic mass is 10.1. The molecule has 1 aliphatic rings. The first-order valence-corrected chi connectivity index (χ1v) is 6.68. The number of piperidine rings is 1. The largest absolute Gasteiger partial charge is 0.342 e. The molecular formula is C13H15N3O5. The Kier molecular flexibility index (Phi) is 4.46. The molecule has 1 amide bonds. The van der Waals surface area contributed by atoms with Crippen molar-refractivity contribution in [3.63, 3.8) is 0 Å². The summed E-state index contributed by atoms with van der Waals surface area (Å²) in [7, 11) is 0. The number of benzene rings is 1. The molecule has 112 valence electrons. The number of hydrogen-bond acceptors (Lipinski definition) is 5. The molecular weight excluding hydrogens is 278 g/mol. The summed E-state index contributed by atoms with van der Waals surface area (Å²) in [6.45, 7) is 1.33. The summed E-state index contributed by atoms with van der Waals surface area (Å²) >= 11 is 0. The molecule has 8 nitrogen and oxygen atoms in total. The summed E-state index contributed by atoms with van der Waals surface area (Å²) < 4.78 is 0. The molecule has 0 unspecified atom stereocenters. The fourth-order valence-electron chi connectivity index (χ4n) is 2.40. The van der Waals surface area contributed by atoms with Gasteiger partial charge in [-0.2, -0.15) is 0 Å². The Morgan fingerprint density at radius 3 is 2.33 bits per heavy atom. The van der Waals surface area contributed by atoms with E-state index in [2.05, 4.69) is 0 Å². The van der Waals surface area contributed by atoms with Gasteiger partial charge < -0.3 is 4.90 Å². The maximum absolute atomic E-state index is 12.1. The number of rotatable bonds is 4. The summed E-state index contributed by atoms with van der Waals surface area (Å²) in [5.41, 5.74) is -0.522. The first kappa shape index (κ1) is 14.9. The van der Waals surface area contributed by atoms with Crippen molar-refractivity contribution in [2.24, 2.45) is 0 Å². The number of hydrogen-bond donors (Lipinski definition) is 0. The van der Waals surface area contributed by atoms with Crippen molar-refractivity contribution in [2.45, 2.75) is 25.7 Å². The molecule has 0 N–H and O–H groups in total. The Labute approximate surface area is 120 Å². The second-order valence-electron chi connectivity index (χ2n) is 4.95. The van der Waals surface area contributed by atoms with Crippen LogP contribution in [-0.2, 0) is 11.2 Å². The third kappa shape index (κ3) is 3.53. The van der Waals surface area contributed by atoms with E-state index in [1.807, 2.05) is 0 Å². The second kappa shape index (κ2) is 6.29. The summed E-state index contributed by atoms with van der Waals surface area (Å²) in [5, 5.41) is 21.7. The minimum Gasteiger partial charge on any atom is -0.342 e. The number of carbonyl (C=O) groups is 1. The van der Waals surface area contributed by atoms with Crippen LogP contribution < -0.4 is 0 Å². The molecule has 0 atom stereocenters. The molecule has 21 heavy (non-hydrogen) atoms. The fourth-order valence-corrected chi connectivity index (χ4v) is 2.40. The lowest BCUT2D eigenvalue weighted by molar-refractivity contribution is -0.394. The zero-order chi connectivity index (χ0) is 15.4. The summed E-state index contributed by atoms with van der Waals surface area (Å²) in [6.07, 6.45) is 2.86. The average molecular weight is 293 g/mol. The molecule has 1 aromatic carbocycles. The first-order valence-electron chi connectivity index (χ1n) is 6.68. The van der Waals surface area contributed by atoms with Crippen molar-refractivity contribution in [3.05, 3.63) is 44.0 Å². The molecule has 0 aromatic heterocycles. The van der Waals surface area contributed by atoms with Crippen LogP contribution in [0.5, 0.6) is 0 Å². The van der Waals surface area contributed by atoms with Crippen molar-refractivity contribution < 1.29 is 14.6 Å². The molecule has 1 aliphatic heterocycles. The van der Waals surface area contributed by atoms with Crippen LogP contribution in [0.2, 0.25) is 0 Å². The maximum Gasteiger partial charge on any atom is 0.279 e. The van der Waals surface area contributed by atoms with Crippen molar-refractivity contribution in [1.29, 1.82) is 0 Å². The molecule has 0 saturated carbocycles. The van der Waals surface area contributed by atoms with Crippen molar-refractivity contribution in [1.82, 2.24) is 4.90 Å². The van der Waals surface area contributed by atoms with E-state index in [0.29, 0.717) is 13.1 Å². The van der Waals surface area contributed by atoms with Crippen LogP contribution in [0.4, 0.5) is 11.4 Å². The number of non-ortho nitro benzene ring substituents is 1. The predicted molar refractivity (Wildman–Crippen MR) is 73.9 cm³/mol. The van der Waals surface area contributed by atoms with E-state index in [-0.39, 0.29) is 29.3 Å². The van der Waals surface area contributed by atoms with Gasteiger partial charge in [0.1, 0.15) is 0 Å². The van der Waals surface area contributed by atoms with E-state index < -0.39 is 9.85 Å². The van der Waals surface area contributed by atoms with E-state index in [0.717, 1.165) is 25.3 Å². The second-order valence-corrected chi connectivity index (χ2v) is 4.95. The Balaban J connectivity index is 2.20. The van der Waals surface area contributed by atoms with Crippen LogP contribution >= 0.6 is 0 Å². The van der Waals surface area contributed by atoms with Gasteiger partial charge in [-0.15, -0.1) is 0 Å². The normalized spacial score (nSPS) is 14.8. The lowest BCUT2D eigenvalue weighted by Gasteiger charge is -2.26. The van der Waals surface area contributed by atoms with Crippen LogP contribution in [-0.4, -0.2) is 33.7 Å². The van der Waals surface area contributed by atoms with Crippen molar-refractivity contribution in [2.75, 3.05) is 13.1 Å². The third-order valence-corrected chi connectivity index (χ3v) is 3.53. The number of nitro benzene ring substituents is 2. The Bertz CT molecular complexity index is 581. The van der Waals surface area contributed by atoms with E-state index in [1.165, 1.54) is 12.1 Å². The van der Waals surface area contributed by atoms with Crippen LogP contribution in [0, 0.1) is 20.2 Å². The van der Waals surface area contributed by atoms with Gasteiger partial charge in [-0.05, 0) is 25.3 Å². The van der Waals surface area contributed by atoms with Gasteiger partial charge in [-0.3, -0.25) is 25.0 Å². The van der Waals surface area contributed by atoms with E-state index >= 15 is 0 Å². The Morgan fingerprint density at radius 2 is 1.76 bits per heavy atom. The van der Waals surface area contributed by atoms with Gasteiger partial charge in [0.25, 0.3) is 11.4 Å². The standard InChI is InChI=1S/C13H15N3O5/c17-13(14-6-2-1-3-7-14)8-10-4-5-11(15(18)19)9-12(10)16(20)21/h4-5,9H,1-3,6-8H2. The van der Waals surface area contributed by atoms with Gasteiger partial charge in [0.05, 0.1) is 22.3 Å². The highest BCUT2D eigenvalue weighted by Gasteiger charge is 2.23. The molecule has 2 rings (SSSR count). The monoisotopic (exact) mass is 293 g/mol. The van der Waals surface area contributed by atoms with Crippen LogP contribution in [0.1, 0.15) is 24.8 Å². The number of amides is 1. The zero-order valence-electron chi connectivity index (χ0n) is 11.4. The van der Waals surface area contributed by atoms with Gasteiger partial charge in [0.15, 0.2) is 0 Å². The highest BCUT2D eigenvalue weighted by Crippen LogP contribution is 2.25. The van der Waals surface area contributed by atoms with Crippen molar-refractivity contribution in [3.8, 4) is 0 Å². The minimum absolute atomic E-state index is 0.103. The third-order valence-electron chi connectivity index (χ3n) is 3.53. The summed E-state index contributed by atoms with van der Waals surface area (Å²) in [5.74, 6) is -0.174. The SMILES string of the molecule is O=C(Cc1ccc([N+](=O)[O-])cc1[N+](=O)[O-])N1CCCCC1. The number of nitro groups is 2. The molecule has 0 bridgehead atoms. The molecule has 1 heterocycles. The van der Waals surface area contributed by atoms with E-state index in [4.69, 9.17) is 0 Å². The minimum atomic E-state index is -0.691. The molecule has 0 spiro atoms. The fraction of sp³-hybridized carbons (Fsp3) is 0.462. The van der Waals surface area contributed by atoms with Crippen LogP contribution in [0.25, 0.3) is 0 Å². The maximum atomic E-state index is 12.1. The average Bonchev–Trinajstić information content (AvgIpc) is 2.48. The van der Waals surface area contributed by atoms with Gasteiger partial charge in [0.2, 0.25) is 5.91 Å². The van der Waals surface area contributed by atoms with Crippen molar-refractivity contribution >= 4 is 17.3 Å². The smallest absolute Gasteiger partial charge is 0.279 e. The molecule has 0 aliphatic carbocycles. The Hall–Kier alpha value is -2.51. The zero-order valence-corrected chi connectivity index (χ0v) is 11.4. The van der Waals surface area contributed by atoms with Gasteiger partial charge in [0, 0.05) is 24.7 Å². The first-order chi connectivity index (χ1) is 9.99. The van der Waals surface area contributed by atoms with E-state index in [9.17, 15) is 25.0 Å². The topological polar surface area (TPSA) is 107 Å². The van der Waals surface area contributed by atoms with Gasteiger partial charge in [-0.1, -0.05) is 0 Å². The highest BCUT2D eigenvalue weighted by molar-refractivity contribution is 5.80. The number of nitrogens with zero attached hydrogens (tertiary/aromatic N) is 3. The number of carbonyl (C=O) groups excluding carboxylic acids is 1. The lowest BCUT2D eigenvalue weighted by Crippen LogP contribution is -2.36. The highest BCUT2D eigenvalue weighted by atomic mass is 16.6. The molecule has 1 saturated heterocycles. The molecule has 0 radical (unpaired) electrons. The Morgan fingerprint density at radius 1 is 1.10 bits per heavy atom. The van der Waals surface area contributed by atoms with Crippen LogP contribution in [0.3, 0.4) is 0 Å². The van der Waals surface area contributed by atoms with Gasteiger partial charge in [-0.25, -0.2) is 0 Å². The van der Waals surface area contributed by atoms with Gasteiger partial charge >= 0.3 is 0 Å². The molecule has 1 fully saturated rings.